The monoisotopic (exact) mass is 140 g/mol. The molecule has 0 N–H and O–H groups in total. The summed E-state index contributed by atoms with van der Waals surface area (Å²) in [5.74, 6) is 0. The second kappa shape index (κ2) is 2.91. The first-order valence-corrected chi connectivity index (χ1v) is 4.22. The summed E-state index contributed by atoms with van der Waals surface area (Å²) in [7, 11) is 3.93. The highest BCUT2D eigenvalue weighted by Gasteiger charge is 2.26. The minimum atomic E-state index is 0.619. The second-order valence-electron chi connectivity index (χ2n) is 3.78. The molecular weight excluding hydrogens is 122 g/mol. The summed E-state index contributed by atoms with van der Waals surface area (Å²) in [5.41, 5.74) is 0.619. The van der Waals surface area contributed by atoms with Crippen LogP contribution in [0.25, 0.3) is 0 Å². The van der Waals surface area contributed by atoms with Crippen LogP contribution in [-0.4, -0.2) is 18.0 Å². The van der Waals surface area contributed by atoms with Crippen molar-refractivity contribution in [3.05, 3.63) is 7.05 Å². The quantitative estimate of drug-likeness (QED) is 0.540. The van der Waals surface area contributed by atoms with Crippen molar-refractivity contribution in [2.24, 2.45) is 5.41 Å². The van der Waals surface area contributed by atoms with Gasteiger partial charge in [-0.05, 0) is 31.3 Å². The zero-order chi connectivity index (χ0) is 7.61. The maximum Gasteiger partial charge on any atom is 0.0109 e. The number of nitrogens with zero attached hydrogens (tertiary/aromatic N) is 1. The normalized spacial score (nSPS) is 26.7. The molecule has 0 aliphatic carbocycles. The molecular formula is C9H18N. The number of piperidine rings is 1. The van der Waals surface area contributed by atoms with Crippen LogP contribution in [-0.2, 0) is 0 Å². The van der Waals surface area contributed by atoms with E-state index >= 15 is 0 Å². The molecule has 1 nitrogen and oxygen atoms in total. The first-order valence-electron chi connectivity index (χ1n) is 4.22. The summed E-state index contributed by atoms with van der Waals surface area (Å²) in [6.45, 7) is 7.05. The summed E-state index contributed by atoms with van der Waals surface area (Å²) in [4.78, 5) is 2.18. The molecule has 1 heteroatoms. The molecule has 59 valence electrons. The number of hydrogen-bond acceptors (Lipinski definition) is 1. The van der Waals surface area contributed by atoms with Crippen LogP contribution in [0.2, 0.25) is 0 Å². The van der Waals surface area contributed by atoms with Crippen molar-refractivity contribution in [2.75, 3.05) is 13.1 Å². The van der Waals surface area contributed by atoms with Crippen LogP contribution < -0.4 is 0 Å². The first kappa shape index (κ1) is 8.06. The van der Waals surface area contributed by atoms with Crippen LogP contribution in [0.3, 0.4) is 0 Å². The molecule has 1 saturated heterocycles. The molecule has 1 heterocycles. The molecule has 0 saturated carbocycles. The van der Waals surface area contributed by atoms with Gasteiger partial charge in [-0.3, -0.25) is 0 Å². The van der Waals surface area contributed by atoms with Gasteiger partial charge in [-0.15, -0.1) is 0 Å². The fraction of sp³-hybridized carbons (Fsp3) is 0.889. The lowest BCUT2D eigenvalue weighted by molar-refractivity contribution is 0.147. The lowest BCUT2D eigenvalue weighted by atomic mass is 9.78. The molecule has 0 atom stereocenters. The third-order valence-corrected chi connectivity index (χ3v) is 2.92. The predicted molar refractivity (Wildman–Crippen MR) is 44.6 cm³/mol. The highest BCUT2D eigenvalue weighted by Crippen LogP contribution is 2.33. The minimum absolute atomic E-state index is 0.619. The minimum Gasteiger partial charge on any atom is -0.302 e. The molecule has 0 unspecified atom stereocenters. The van der Waals surface area contributed by atoms with Crippen LogP contribution in [0, 0.1) is 12.5 Å². The van der Waals surface area contributed by atoms with Crippen molar-refractivity contribution in [1.29, 1.82) is 0 Å². The Labute approximate surface area is 64.4 Å². The summed E-state index contributed by atoms with van der Waals surface area (Å²) in [5, 5.41) is 0. The molecule has 0 bridgehead atoms. The standard InChI is InChI=1S/C9H18N/c1-4-9(2)5-7-10(3)8-6-9/h3-8H2,1-2H3. The summed E-state index contributed by atoms with van der Waals surface area (Å²) < 4.78 is 0. The van der Waals surface area contributed by atoms with Gasteiger partial charge in [-0.1, -0.05) is 20.3 Å². The molecule has 1 rings (SSSR count). The highest BCUT2D eigenvalue weighted by atomic mass is 15.1. The van der Waals surface area contributed by atoms with E-state index in [0.29, 0.717) is 5.41 Å². The van der Waals surface area contributed by atoms with E-state index in [0.717, 1.165) is 0 Å². The fourth-order valence-electron chi connectivity index (χ4n) is 1.45. The molecule has 1 aliphatic heterocycles. The SMILES string of the molecule is [CH2]N1CCC(C)(CC)CC1. The van der Waals surface area contributed by atoms with Crippen molar-refractivity contribution in [3.63, 3.8) is 0 Å². The second-order valence-corrected chi connectivity index (χ2v) is 3.78. The van der Waals surface area contributed by atoms with Gasteiger partial charge in [-0.2, -0.15) is 0 Å². The van der Waals surface area contributed by atoms with E-state index in [4.69, 9.17) is 0 Å². The van der Waals surface area contributed by atoms with Gasteiger partial charge in [0.1, 0.15) is 0 Å². The molecule has 1 aliphatic rings. The molecule has 1 radical (unpaired) electrons. The van der Waals surface area contributed by atoms with Crippen molar-refractivity contribution >= 4 is 0 Å². The van der Waals surface area contributed by atoms with Crippen molar-refractivity contribution < 1.29 is 0 Å². The van der Waals surface area contributed by atoms with Crippen molar-refractivity contribution in [2.45, 2.75) is 33.1 Å². The maximum atomic E-state index is 3.93. The Kier molecular flexibility index (Phi) is 2.35. The largest absolute Gasteiger partial charge is 0.302 e. The highest BCUT2D eigenvalue weighted by molar-refractivity contribution is 4.80. The molecule has 0 amide bonds. The summed E-state index contributed by atoms with van der Waals surface area (Å²) in [6, 6.07) is 0. The molecule has 10 heavy (non-hydrogen) atoms. The topological polar surface area (TPSA) is 3.24 Å². The first-order chi connectivity index (χ1) is 4.66. The average Bonchev–Trinajstić information content (AvgIpc) is 1.96. The van der Waals surface area contributed by atoms with Crippen LogP contribution >= 0.6 is 0 Å². The van der Waals surface area contributed by atoms with Crippen LogP contribution in [0.15, 0.2) is 0 Å². The predicted octanol–water partition coefficient (Wildman–Crippen LogP) is 2.29. The van der Waals surface area contributed by atoms with Gasteiger partial charge in [0.15, 0.2) is 0 Å². The van der Waals surface area contributed by atoms with Crippen molar-refractivity contribution in [3.8, 4) is 0 Å². The van der Waals surface area contributed by atoms with Gasteiger partial charge in [0.05, 0.1) is 0 Å². The smallest absolute Gasteiger partial charge is 0.0109 e. The van der Waals surface area contributed by atoms with Gasteiger partial charge in [0.2, 0.25) is 0 Å². The van der Waals surface area contributed by atoms with E-state index in [9.17, 15) is 0 Å². The van der Waals surface area contributed by atoms with Crippen LogP contribution in [0.1, 0.15) is 33.1 Å². The van der Waals surface area contributed by atoms with E-state index in [-0.39, 0.29) is 0 Å². The Bertz CT molecular complexity index is 101. The Morgan fingerprint density at radius 3 is 2.30 bits per heavy atom. The molecule has 0 spiro atoms. The summed E-state index contributed by atoms with van der Waals surface area (Å²) >= 11 is 0. The van der Waals surface area contributed by atoms with E-state index < -0.39 is 0 Å². The lowest BCUT2D eigenvalue weighted by Crippen LogP contribution is -2.34. The number of likely N-dealkylation sites (tertiary alicyclic amines) is 1. The van der Waals surface area contributed by atoms with Crippen LogP contribution in [0.4, 0.5) is 0 Å². The van der Waals surface area contributed by atoms with Gasteiger partial charge < -0.3 is 4.90 Å². The molecule has 1 fully saturated rings. The fourth-order valence-corrected chi connectivity index (χ4v) is 1.45. The Morgan fingerprint density at radius 1 is 1.40 bits per heavy atom. The van der Waals surface area contributed by atoms with E-state index in [1.54, 1.807) is 0 Å². The molecule has 0 aromatic rings. The van der Waals surface area contributed by atoms with Gasteiger partial charge >= 0.3 is 0 Å². The maximum absolute atomic E-state index is 3.93. The van der Waals surface area contributed by atoms with E-state index in [2.05, 4.69) is 25.8 Å². The lowest BCUT2D eigenvalue weighted by Gasteiger charge is -2.36. The van der Waals surface area contributed by atoms with Gasteiger partial charge in [0, 0.05) is 7.05 Å². The zero-order valence-corrected chi connectivity index (χ0v) is 7.19. The van der Waals surface area contributed by atoms with Crippen LogP contribution in [0.5, 0.6) is 0 Å². The van der Waals surface area contributed by atoms with Gasteiger partial charge in [0.25, 0.3) is 0 Å². The molecule has 0 aromatic carbocycles. The third kappa shape index (κ3) is 1.72. The Morgan fingerprint density at radius 2 is 1.90 bits per heavy atom. The molecule has 0 aromatic heterocycles. The Hall–Kier alpha value is -0.0400. The third-order valence-electron chi connectivity index (χ3n) is 2.92. The van der Waals surface area contributed by atoms with E-state index in [1.165, 1.54) is 32.4 Å². The number of hydrogen-bond donors (Lipinski definition) is 0. The average molecular weight is 140 g/mol. The Balaban J connectivity index is 2.38. The van der Waals surface area contributed by atoms with Gasteiger partial charge in [-0.25, -0.2) is 0 Å². The number of rotatable bonds is 1. The van der Waals surface area contributed by atoms with Crippen molar-refractivity contribution in [1.82, 2.24) is 4.90 Å². The zero-order valence-electron chi connectivity index (χ0n) is 7.19. The summed E-state index contributed by atoms with van der Waals surface area (Å²) in [6.07, 6.45) is 3.97. The van der Waals surface area contributed by atoms with E-state index in [1.807, 2.05) is 0 Å².